The summed E-state index contributed by atoms with van der Waals surface area (Å²) < 4.78 is 15.9. The van der Waals surface area contributed by atoms with Crippen molar-refractivity contribution >= 4 is 47.2 Å². The topological polar surface area (TPSA) is 67.4 Å². The lowest BCUT2D eigenvalue weighted by molar-refractivity contribution is 0.0698. The molecular formula is C19H32ClIN4O3. The number of halogens is 2. The fourth-order valence-electron chi connectivity index (χ4n) is 3.02. The van der Waals surface area contributed by atoms with Crippen LogP contribution < -0.4 is 20.3 Å². The van der Waals surface area contributed by atoms with Crippen LogP contribution in [-0.4, -0.2) is 72.7 Å². The number of hydrogen-bond acceptors (Lipinski definition) is 5. The van der Waals surface area contributed by atoms with E-state index in [1.165, 1.54) is 0 Å². The van der Waals surface area contributed by atoms with Crippen molar-refractivity contribution < 1.29 is 14.2 Å². The predicted octanol–water partition coefficient (Wildman–Crippen LogP) is 2.76. The van der Waals surface area contributed by atoms with Crippen LogP contribution in [0.2, 0.25) is 5.02 Å². The van der Waals surface area contributed by atoms with E-state index in [2.05, 4.69) is 20.5 Å². The molecule has 0 amide bonds. The normalized spacial score (nSPS) is 16.6. The molecule has 7 nitrogen and oxygen atoms in total. The zero-order valence-corrected chi connectivity index (χ0v) is 20.0. The predicted molar refractivity (Wildman–Crippen MR) is 126 cm³/mol. The second kappa shape index (κ2) is 14.1. The molecular weight excluding hydrogens is 495 g/mol. The Morgan fingerprint density at radius 3 is 2.82 bits per heavy atom. The van der Waals surface area contributed by atoms with Gasteiger partial charge < -0.3 is 29.7 Å². The molecule has 0 saturated carbocycles. The van der Waals surface area contributed by atoms with Crippen LogP contribution in [0.25, 0.3) is 0 Å². The average Bonchev–Trinajstić information content (AvgIpc) is 3.14. The molecule has 1 unspecified atom stereocenters. The van der Waals surface area contributed by atoms with Crippen LogP contribution >= 0.6 is 35.6 Å². The van der Waals surface area contributed by atoms with Gasteiger partial charge in [-0.3, -0.25) is 4.99 Å². The molecule has 28 heavy (non-hydrogen) atoms. The van der Waals surface area contributed by atoms with Crippen molar-refractivity contribution in [3.05, 3.63) is 23.2 Å². The van der Waals surface area contributed by atoms with Crippen molar-refractivity contribution in [3.63, 3.8) is 0 Å². The Kier molecular flexibility index (Phi) is 12.6. The number of nitrogens with one attached hydrogen (secondary N) is 2. The smallest absolute Gasteiger partial charge is 0.191 e. The molecule has 2 N–H and O–H groups in total. The summed E-state index contributed by atoms with van der Waals surface area (Å²) >= 11 is 6.16. The summed E-state index contributed by atoms with van der Waals surface area (Å²) in [4.78, 5) is 6.60. The third-order valence-electron chi connectivity index (χ3n) is 4.42. The summed E-state index contributed by atoms with van der Waals surface area (Å²) in [5.74, 6) is 1.66. The van der Waals surface area contributed by atoms with Crippen molar-refractivity contribution in [1.29, 1.82) is 0 Å². The van der Waals surface area contributed by atoms with E-state index in [1.807, 2.05) is 18.2 Å². The number of nitrogens with zero attached hydrogens (tertiary/aromatic N) is 2. The second-order valence-corrected chi connectivity index (χ2v) is 6.79. The van der Waals surface area contributed by atoms with Gasteiger partial charge in [-0.05, 0) is 31.0 Å². The maximum absolute atomic E-state index is 6.16. The first-order valence-corrected chi connectivity index (χ1v) is 9.68. The SMILES string of the molecule is CN=C(NCCCOCCOC)NC1CCN(c2cc(Cl)ccc2OC)C1.I. The molecule has 0 aromatic heterocycles. The van der Waals surface area contributed by atoms with Gasteiger partial charge >= 0.3 is 0 Å². The van der Waals surface area contributed by atoms with Crippen LogP contribution in [0.15, 0.2) is 23.2 Å². The number of benzene rings is 1. The lowest BCUT2D eigenvalue weighted by atomic mass is 10.2. The molecule has 1 heterocycles. The summed E-state index contributed by atoms with van der Waals surface area (Å²) in [6.07, 6.45) is 1.94. The standard InChI is InChI=1S/C19H31ClN4O3.HI/c1-21-19(22-8-4-10-27-12-11-25-2)23-16-7-9-24(14-16)17-13-15(20)5-6-18(17)26-3;/h5-6,13,16H,4,7-12,14H2,1-3H3,(H2,21,22,23);1H. The highest BCUT2D eigenvalue weighted by Gasteiger charge is 2.25. The van der Waals surface area contributed by atoms with E-state index in [0.29, 0.717) is 30.9 Å². The average molecular weight is 527 g/mol. The van der Waals surface area contributed by atoms with E-state index in [9.17, 15) is 0 Å². The van der Waals surface area contributed by atoms with Gasteiger partial charge in [-0.2, -0.15) is 0 Å². The number of guanidine groups is 1. The Bertz CT molecular complexity index is 607. The molecule has 1 aromatic rings. The van der Waals surface area contributed by atoms with Crippen molar-refractivity contribution in [3.8, 4) is 5.75 Å². The quantitative estimate of drug-likeness (QED) is 0.212. The molecule has 0 aliphatic carbocycles. The van der Waals surface area contributed by atoms with Crippen molar-refractivity contribution in [2.24, 2.45) is 4.99 Å². The van der Waals surface area contributed by atoms with E-state index < -0.39 is 0 Å². The van der Waals surface area contributed by atoms with Crippen LogP contribution in [0, 0.1) is 0 Å². The maximum Gasteiger partial charge on any atom is 0.191 e. The van der Waals surface area contributed by atoms with E-state index in [-0.39, 0.29) is 24.0 Å². The van der Waals surface area contributed by atoms with Gasteiger partial charge in [0.2, 0.25) is 0 Å². The first kappa shape index (κ1) is 25.1. The number of ether oxygens (including phenoxy) is 3. The zero-order chi connectivity index (χ0) is 19.5. The molecule has 1 atom stereocenters. The molecule has 1 saturated heterocycles. The zero-order valence-electron chi connectivity index (χ0n) is 16.9. The van der Waals surface area contributed by atoms with Gasteiger partial charge in [-0.15, -0.1) is 24.0 Å². The number of anilines is 1. The Morgan fingerprint density at radius 1 is 1.29 bits per heavy atom. The molecule has 2 rings (SSSR count). The molecule has 1 aromatic carbocycles. The number of hydrogen-bond donors (Lipinski definition) is 2. The summed E-state index contributed by atoms with van der Waals surface area (Å²) in [7, 11) is 5.15. The van der Waals surface area contributed by atoms with Gasteiger partial charge in [-0.25, -0.2) is 0 Å². The first-order valence-electron chi connectivity index (χ1n) is 9.30. The first-order chi connectivity index (χ1) is 13.2. The molecule has 1 fully saturated rings. The van der Waals surface area contributed by atoms with Crippen LogP contribution in [0.3, 0.4) is 0 Å². The molecule has 0 spiro atoms. The molecule has 0 bridgehead atoms. The van der Waals surface area contributed by atoms with Crippen LogP contribution in [0.5, 0.6) is 5.75 Å². The van der Waals surface area contributed by atoms with E-state index in [1.54, 1.807) is 21.3 Å². The maximum atomic E-state index is 6.16. The van der Waals surface area contributed by atoms with Gasteiger partial charge in [0.15, 0.2) is 5.96 Å². The van der Waals surface area contributed by atoms with E-state index in [4.69, 9.17) is 25.8 Å². The molecule has 160 valence electrons. The van der Waals surface area contributed by atoms with Crippen molar-refractivity contribution in [2.75, 3.05) is 65.6 Å². The lowest BCUT2D eigenvalue weighted by Gasteiger charge is -2.22. The van der Waals surface area contributed by atoms with Crippen LogP contribution in [-0.2, 0) is 9.47 Å². The van der Waals surface area contributed by atoms with E-state index in [0.717, 1.165) is 49.9 Å². The van der Waals surface area contributed by atoms with E-state index >= 15 is 0 Å². The van der Waals surface area contributed by atoms with Gasteiger partial charge in [0.25, 0.3) is 0 Å². The monoisotopic (exact) mass is 526 g/mol. The number of rotatable bonds is 10. The highest BCUT2D eigenvalue weighted by Crippen LogP contribution is 2.33. The minimum Gasteiger partial charge on any atom is -0.495 e. The van der Waals surface area contributed by atoms with Gasteiger partial charge in [-0.1, -0.05) is 11.6 Å². The van der Waals surface area contributed by atoms with Crippen LogP contribution in [0.1, 0.15) is 12.8 Å². The third-order valence-corrected chi connectivity index (χ3v) is 4.66. The third kappa shape index (κ3) is 8.18. The number of methoxy groups -OCH3 is 2. The fraction of sp³-hybridized carbons (Fsp3) is 0.632. The molecule has 1 aliphatic heterocycles. The Labute approximate surface area is 190 Å². The van der Waals surface area contributed by atoms with Gasteiger partial charge in [0.05, 0.1) is 26.0 Å². The van der Waals surface area contributed by atoms with Gasteiger partial charge in [0.1, 0.15) is 5.75 Å². The van der Waals surface area contributed by atoms with Gasteiger partial charge in [0, 0.05) is 51.5 Å². The minimum absolute atomic E-state index is 0. The molecule has 0 radical (unpaired) electrons. The van der Waals surface area contributed by atoms with Crippen molar-refractivity contribution in [2.45, 2.75) is 18.9 Å². The molecule has 1 aliphatic rings. The Balaban J connectivity index is 0.00000392. The van der Waals surface area contributed by atoms with Crippen molar-refractivity contribution in [1.82, 2.24) is 10.6 Å². The number of aliphatic imine (C=N–C) groups is 1. The summed E-state index contributed by atoms with van der Waals surface area (Å²) in [5.41, 5.74) is 1.03. The van der Waals surface area contributed by atoms with Crippen LogP contribution in [0.4, 0.5) is 5.69 Å². The minimum atomic E-state index is 0. The highest BCUT2D eigenvalue weighted by molar-refractivity contribution is 14.0. The lowest BCUT2D eigenvalue weighted by Crippen LogP contribution is -2.45. The summed E-state index contributed by atoms with van der Waals surface area (Å²) in [6.45, 7) is 4.60. The Hall–Kier alpha value is -0.970. The highest BCUT2D eigenvalue weighted by atomic mass is 127. The Morgan fingerprint density at radius 2 is 2.11 bits per heavy atom. The molecule has 9 heteroatoms. The summed E-state index contributed by atoms with van der Waals surface area (Å²) in [5, 5.41) is 7.54. The fourth-order valence-corrected chi connectivity index (χ4v) is 3.19. The largest absolute Gasteiger partial charge is 0.495 e. The second-order valence-electron chi connectivity index (χ2n) is 6.35. The summed E-state index contributed by atoms with van der Waals surface area (Å²) in [6, 6.07) is 6.03.